The van der Waals surface area contributed by atoms with Gasteiger partial charge < -0.3 is 5.73 Å². The Morgan fingerprint density at radius 1 is 1.12 bits per heavy atom. The van der Waals surface area contributed by atoms with Gasteiger partial charge in [-0.2, -0.15) is 0 Å². The molecular weight excluding hydrogens is 210 g/mol. The van der Waals surface area contributed by atoms with Crippen molar-refractivity contribution in [3.63, 3.8) is 0 Å². The van der Waals surface area contributed by atoms with Gasteiger partial charge in [-0.05, 0) is 29.8 Å². The number of halogens is 2. The van der Waals surface area contributed by atoms with E-state index in [4.69, 9.17) is 5.73 Å². The Morgan fingerprint density at radius 2 is 1.94 bits per heavy atom. The predicted octanol–water partition coefficient (Wildman–Crippen LogP) is 2.49. The van der Waals surface area contributed by atoms with E-state index in [0.717, 1.165) is 23.8 Å². The largest absolute Gasteiger partial charge is 0.326 e. The molecule has 82 valence electrons. The minimum absolute atomic E-state index is 0.197. The van der Waals surface area contributed by atoms with Crippen molar-refractivity contribution in [1.82, 2.24) is 4.98 Å². The smallest absolute Gasteiger partial charge is 0.131 e. The molecule has 0 saturated heterocycles. The van der Waals surface area contributed by atoms with E-state index in [9.17, 15) is 8.78 Å². The van der Waals surface area contributed by atoms with Crippen LogP contribution in [0.2, 0.25) is 0 Å². The Balaban J connectivity index is 2.53. The monoisotopic (exact) mass is 220 g/mol. The van der Waals surface area contributed by atoms with Gasteiger partial charge in [0.2, 0.25) is 0 Å². The second-order valence-corrected chi connectivity index (χ2v) is 3.41. The molecule has 2 aromatic rings. The van der Waals surface area contributed by atoms with Crippen molar-refractivity contribution in [3.05, 3.63) is 53.9 Å². The summed E-state index contributed by atoms with van der Waals surface area (Å²) in [4.78, 5) is 3.93. The molecule has 0 atom stereocenters. The Morgan fingerprint density at radius 3 is 2.69 bits per heavy atom. The lowest BCUT2D eigenvalue weighted by Crippen LogP contribution is -1.97. The lowest BCUT2D eigenvalue weighted by Gasteiger charge is -2.04. The van der Waals surface area contributed by atoms with E-state index in [1.54, 1.807) is 12.3 Å². The van der Waals surface area contributed by atoms with Crippen LogP contribution in [-0.2, 0) is 6.54 Å². The Labute approximate surface area is 91.7 Å². The van der Waals surface area contributed by atoms with Gasteiger partial charge >= 0.3 is 0 Å². The second-order valence-electron chi connectivity index (χ2n) is 3.41. The first-order valence-electron chi connectivity index (χ1n) is 4.80. The SMILES string of the molecule is NCc1cncc(-c2cc(F)ccc2F)c1. The molecule has 4 heteroatoms. The average Bonchev–Trinajstić information content (AvgIpc) is 2.32. The van der Waals surface area contributed by atoms with Crippen LogP contribution in [0.25, 0.3) is 11.1 Å². The van der Waals surface area contributed by atoms with Crippen LogP contribution in [0, 0.1) is 11.6 Å². The molecule has 0 aliphatic rings. The summed E-state index contributed by atoms with van der Waals surface area (Å²) in [6.07, 6.45) is 3.08. The number of rotatable bonds is 2. The highest BCUT2D eigenvalue weighted by molar-refractivity contribution is 5.63. The summed E-state index contributed by atoms with van der Waals surface area (Å²) in [5.74, 6) is -0.952. The zero-order chi connectivity index (χ0) is 11.5. The molecule has 0 unspecified atom stereocenters. The number of hydrogen-bond acceptors (Lipinski definition) is 2. The van der Waals surface area contributed by atoms with E-state index < -0.39 is 11.6 Å². The number of pyridine rings is 1. The molecule has 0 amide bonds. The van der Waals surface area contributed by atoms with Crippen molar-refractivity contribution in [3.8, 4) is 11.1 Å². The maximum absolute atomic E-state index is 13.5. The first kappa shape index (κ1) is 10.7. The van der Waals surface area contributed by atoms with Gasteiger partial charge in [0.25, 0.3) is 0 Å². The second kappa shape index (κ2) is 4.37. The van der Waals surface area contributed by atoms with Gasteiger partial charge in [-0.25, -0.2) is 8.78 Å². The topological polar surface area (TPSA) is 38.9 Å². The van der Waals surface area contributed by atoms with Crippen LogP contribution in [0.15, 0.2) is 36.7 Å². The average molecular weight is 220 g/mol. The van der Waals surface area contributed by atoms with Crippen molar-refractivity contribution in [2.45, 2.75) is 6.54 Å². The fourth-order valence-corrected chi connectivity index (χ4v) is 1.47. The van der Waals surface area contributed by atoms with Crippen LogP contribution in [0.3, 0.4) is 0 Å². The van der Waals surface area contributed by atoms with Crippen LogP contribution in [0.5, 0.6) is 0 Å². The molecule has 16 heavy (non-hydrogen) atoms. The molecule has 0 spiro atoms. The maximum Gasteiger partial charge on any atom is 0.131 e. The predicted molar refractivity (Wildman–Crippen MR) is 57.5 cm³/mol. The molecule has 1 heterocycles. The van der Waals surface area contributed by atoms with Crippen molar-refractivity contribution < 1.29 is 8.78 Å². The molecule has 0 aliphatic heterocycles. The molecular formula is C12H10F2N2. The Bertz CT molecular complexity index is 512. The Hall–Kier alpha value is -1.81. The molecule has 1 aromatic heterocycles. The first-order chi connectivity index (χ1) is 7.70. The van der Waals surface area contributed by atoms with Gasteiger partial charge in [0.15, 0.2) is 0 Å². The van der Waals surface area contributed by atoms with Crippen molar-refractivity contribution in [1.29, 1.82) is 0 Å². The van der Waals surface area contributed by atoms with Crippen LogP contribution >= 0.6 is 0 Å². The lowest BCUT2D eigenvalue weighted by molar-refractivity contribution is 0.603. The van der Waals surface area contributed by atoms with Crippen molar-refractivity contribution in [2.75, 3.05) is 0 Å². The zero-order valence-corrected chi connectivity index (χ0v) is 8.45. The summed E-state index contributed by atoms with van der Waals surface area (Å²) in [6, 6.07) is 5.02. The molecule has 0 radical (unpaired) electrons. The minimum atomic E-state index is -0.477. The van der Waals surface area contributed by atoms with Gasteiger partial charge in [0, 0.05) is 30.1 Å². The van der Waals surface area contributed by atoms with Gasteiger partial charge in [-0.3, -0.25) is 4.98 Å². The highest BCUT2D eigenvalue weighted by atomic mass is 19.1. The highest BCUT2D eigenvalue weighted by Gasteiger charge is 2.07. The van der Waals surface area contributed by atoms with Crippen LogP contribution in [-0.4, -0.2) is 4.98 Å². The van der Waals surface area contributed by atoms with Crippen molar-refractivity contribution >= 4 is 0 Å². The van der Waals surface area contributed by atoms with Crippen LogP contribution in [0.4, 0.5) is 8.78 Å². The quantitative estimate of drug-likeness (QED) is 0.844. The van der Waals surface area contributed by atoms with Gasteiger partial charge in [0.1, 0.15) is 11.6 Å². The molecule has 0 aliphatic carbocycles. The van der Waals surface area contributed by atoms with E-state index in [2.05, 4.69) is 4.98 Å². The molecule has 0 saturated carbocycles. The summed E-state index contributed by atoms with van der Waals surface area (Å²) >= 11 is 0. The fraction of sp³-hybridized carbons (Fsp3) is 0.0833. The molecule has 0 bridgehead atoms. The number of hydrogen-bond donors (Lipinski definition) is 1. The standard InChI is InChI=1S/C12H10F2N2/c13-10-1-2-12(14)11(4-10)9-3-8(5-15)6-16-7-9/h1-4,6-7H,5,15H2. The third kappa shape index (κ3) is 2.06. The van der Waals surface area contributed by atoms with Gasteiger partial charge in [0.05, 0.1) is 0 Å². The molecule has 2 nitrogen and oxygen atoms in total. The summed E-state index contributed by atoms with van der Waals surface area (Å²) in [6.45, 7) is 0.317. The summed E-state index contributed by atoms with van der Waals surface area (Å²) < 4.78 is 26.5. The summed E-state index contributed by atoms with van der Waals surface area (Å²) in [5, 5.41) is 0. The molecule has 0 fully saturated rings. The normalized spacial score (nSPS) is 10.4. The molecule has 1 aromatic carbocycles. The molecule has 2 rings (SSSR count). The van der Waals surface area contributed by atoms with E-state index >= 15 is 0 Å². The first-order valence-corrected chi connectivity index (χ1v) is 4.80. The van der Waals surface area contributed by atoms with E-state index in [-0.39, 0.29) is 5.56 Å². The number of benzene rings is 1. The van der Waals surface area contributed by atoms with E-state index in [0.29, 0.717) is 12.1 Å². The lowest BCUT2D eigenvalue weighted by atomic mass is 10.1. The maximum atomic E-state index is 13.5. The number of aromatic nitrogens is 1. The van der Waals surface area contributed by atoms with E-state index in [1.165, 1.54) is 6.20 Å². The van der Waals surface area contributed by atoms with Gasteiger partial charge in [-0.1, -0.05) is 0 Å². The van der Waals surface area contributed by atoms with Crippen LogP contribution in [0.1, 0.15) is 5.56 Å². The Kier molecular flexibility index (Phi) is 2.92. The van der Waals surface area contributed by atoms with E-state index in [1.807, 2.05) is 0 Å². The van der Waals surface area contributed by atoms with Gasteiger partial charge in [-0.15, -0.1) is 0 Å². The zero-order valence-electron chi connectivity index (χ0n) is 8.45. The summed E-state index contributed by atoms with van der Waals surface area (Å²) in [7, 11) is 0. The fourth-order valence-electron chi connectivity index (χ4n) is 1.47. The van der Waals surface area contributed by atoms with Crippen molar-refractivity contribution in [2.24, 2.45) is 5.73 Å². The third-order valence-corrected chi connectivity index (χ3v) is 2.27. The molecule has 2 N–H and O–H groups in total. The number of nitrogens with two attached hydrogens (primary N) is 1. The van der Waals surface area contributed by atoms with Crippen LogP contribution < -0.4 is 5.73 Å². The highest BCUT2D eigenvalue weighted by Crippen LogP contribution is 2.23. The third-order valence-electron chi connectivity index (χ3n) is 2.27. The number of nitrogens with zero attached hydrogens (tertiary/aromatic N) is 1. The summed E-state index contributed by atoms with van der Waals surface area (Å²) in [5.41, 5.74) is 6.96. The minimum Gasteiger partial charge on any atom is -0.326 e.